The molecule has 1 aliphatic carbocycles. The van der Waals surface area contributed by atoms with Gasteiger partial charge in [-0.15, -0.1) is 0 Å². The van der Waals surface area contributed by atoms with Crippen molar-refractivity contribution in [3.63, 3.8) is 0 Å². The van der Waals surface area contributed by atoms with E-state index in [4.69, 9.17) is 10.00 Å². The molecule has 0 aromatic heterocycles. The summed E-state index contributed by atoms with van der Waals surface area (Å²) in [7, 11) is 1.77. The number of nitrogens with zero attached hydrogens (tertiary/aromatic N) is 2. The molecular formula is C21H23N3O3. The molecule has 1 amide bonds. The average molecular weight is 365 g/mol. The van der Waals surface area contributed by atoms with Crippen LogP contribution in [-0.2, 0) is 0 Å². The Bertz CT molecular complexity index is 890. The molecule has 0 spiro atoms. The lowest BCUT2D eigenvalue weighted by atomic mass is 9.91. The topological polar surface area (TPSA) is 85.6 Å². The number of nitriles is 1. The highest BCUT2D eigenvalue weighted by atomic mass is 16.5. The maximum absolute atomic E-state index is 12.7. The highest BCUT2D eigenvalue weighted by molar-refractivity contribution is 5.97. The maximum Gasteiger partial charge on any atom is 0.257 e. The van der Waals surface area contributed by atoms with Crippen molar-refractivity contribution in [1.82, 2.24) is 4.90 Å². The Morgan fingerprint density at radius 2 is 1.93 bits per heavy atom. The van der Waals surface area contributed by atoms with Crippen LogP contribution in [0.3, 0.4) is 0 Å². The predicted molar refractivity (Wildman–Crippen MR) is 103 cm³/mol. The number of phenolic OH excluding ortho intramolecular Hbond substituents is 1. The van der Waals surface area contributed by atoms with Crippen LogP contribution < -0.4 is 10.1 Å². The van der Waals surface area contributed by atoms with Crippen LogP contribution in [0.1, 0.15) is 40.7 Å². The molecule has 0 saturated heterocycles. The van der Waals surface area contributed by atoms with Gasteiger partial charge in [0.2, 0.25) is 0 Å². The fourth-order valence-corrected chi connectivity index (χ4v) is 3.25. The molecule has 1 fully saturated rings. The van der Waals surface area contributed by atoms with E-state index in [-0.39, 0.29) is 23.3 Å². The number of anilines is 1. The molecule has 1 saturated carbocycles. The van der Waals surface area contributed by atoms with Gasteiger partial charge in [-0.05, 0) is 74.6 Å². The SMILES string of the molecule is Cc1cc(NC#N)cc(C)c1Oc1ccc(O)c(C(=O)N(C)C2CCC2)c1. The van der Waals surface area contributed by atoms with Crippen LogP contribution in [0.15, 0.2) is 30.3 Å². The van der Waals surface area contributed by atoms with Crippen molar-refractivity contribution in [3.8, 4) is 23.4 Å². The van der Waals surface area contributed by atoms with Gasteiger partial charge in [-0.2, -0.15) is 5.26 Å². The Morgan fingerprint density at radius 1 is 1.26 bits per heavy atom. The van der Waals surface area contributed by atoms with Crippen molar-refractivity contribution in [3.05, 3.63) is 47.0 Å². The van der Waals surface area contributed by atoms with E-state index >= 15 is 0 Å². The number of amides is 1. The molecule has 2 aromatic carbocycles. The molecule has 0 atom stereocenters. The molecule has 140 valence electrons. The van der Waals surface area contributed by atoms with Crippen molar-refractivity contribution >= 4 is 11.6 Å². The first kappa shape index (κ1) is 18.6. The van der Waals surface area contributed by atoms with Gasteiger partial charge in [-0.1, -0.05) is 0 Å². The third-order valence-electron chi connectivity index (χ3n) is 5.02. The molecule has 0 radical (unpaired) electrons. The van der Waals surface area contributed by atoms with Crippen molar-refractivity contribution in [2.75, 3.05) is 12.4 Å². The molecule has 0 aliphatic heterocycles. The summed E-state index contributed by atoms with van der Waals surface area (Å²) >= 11 is 0. The van der Waals surface area contributed by atoms with E-state index in [0.29, 0.717) is 17.2 Å². The van der Waals surface area contributed by atoms with Crippen molar-refractivity contribution in [1.29, 1.82) is 5.26 Å². The van der Waals surface area contributed by atoms with E-state index < -0.39 is 0 Å². The average Bonchev–Trinajstić information content (AvgIpc) is 2.57. The van der Waals surface area contributed by atoms with Crippen LogP contribution in [0, 0.1) is 25.3 Å². The number of rotatable bonds is 5. The van der Waals surface area contributed by atoms with Gasteiger partial charge in [-0.3, -0.25) is 10.1 Å². The normalized spacial score (nSPS) is 13.4. The minimum absolute atomic E-state index is 0.0551. The zero-order valence-corrected chi connectivity index (χ0v) is 15.7. The van der Waals surface area contributed by atoms with Gasteiger partial charge in [0.05, 0.1) is 5.56 Å². The first-order valence-corrected chi connectivity index (χ1v) is 8.95. The molecule has 0 unspecified atom stereocenters. The maximum atomic E-state index is 12.7. The Hall–Kier alpha value is -3.20. The zero-order valence-electron chi connectivity index (χ0n) is 15.7. The van der Waals surface area contributed by atoms with E-state index in [1.807, 2.05) is 32.2 Å². The number of carbonyl (C=O) groups is 1. The number of carbonyl (C=O) groups excluding carboxylic acids is 1. The van der Waals surface area contributed by atoms with Crippen molar-refractivity contribution in [2.45, 2.75) is 39.2 Å². The van der Waals surface area contributed by atoms with Crippen LogP contribution in [0.2, 0.25) is 0 Å². The number of nitrogens with one attached hydrogen (secondary N) is 1. The summed E-state index contributed by atoms with van der Waals surface area (Å²) in [6, 6.07) is 8.58. The number of hydrogen-bond acceptors (Lipinski definition) is 5. The molecule has 3 rings (SSSR count). The van der Waals surface area contributed by atoms with Crippen molar-refractivity contribution in [2.24, 2.45) is 0 Å². The number of benzene rings is 2. The van der Waals surface area contributed by atoms with Gasteiger partial charge in [0.15, 0.2) is 6.19 Å². The van der Waals surface area contributed by atoms with Gasteiger partial charge >= 0.3 is 0 Å². The first-order valence-electron chi connectivity index (χ1n) is 8.95. The third-order valence-corrected chi connectivity index (χ3v) is 5.02. The third kappa shape index (κ3) is 3.82. The Labute approximate surface area is 159 Å². The quantitative estimate of drug-likeness (QED) is 0.609. The lowest BCUT2D eigenvalue weighted by Gasteiger charge is -2.34. The Kier molecular flexibility index (Phi) is 5.22. The number of phenols is 1. The van der Waals surface area contributed by atoms with Crippen LogP contribution in [0.5, 0.6) is 17.2 Å². The fourth-order valence-electron chi connectivity index (χ4n) is 3.25. The van der Waals surface area contributed by atoms with E-state index in [1.54, 1.807) is 24.1 Å². The molecule has 6 heteroatoms. The van der Waals surface area contributed by atoms with Crippen molar-refractivity contribution < 1.29 is 14.6 Å². The zero-order chi connectivity index (χ0) is 19.6. The summed E-state index contributed by atoms with van der Waals surface area (Å²) in [4.78, 5) is 14.4. The number of ether oxygens (including phenoxy) is 1. The Morgan fingerprint density at radius 3 is 2.48 bits per heavy atom. The van der Waals surface area contributed by atoms with Crippen LogP contribution >= 0.6 is 0 Å². The number of hydrogen-bond donors (Lipinski definition) is 2. The van der Waals surface area contributed by atoms with E-state index in [2.05, 4.69) is 5.32 Å². The van der Waals surface area contributed by atoms with E-state index in [0.717, 1.165) is 30.4 Å². The fraction of sp³-hybridized carbons (Fsp3) is 0.333. The second-order valence-corrected chi connectivity index (χ2v) is 6.96. The van der Waals surface area contributed by atoms with Crippen LogP contribution in [0.25, 0.3) is 0 Å². The monoisotopic (exact) mass is 365 g/mol. The van der Waals surface area contributed by atoms with E-state index in [1.165, 1.54) is 6.07 Å². The molecule has 6 nitrogen and oxygen atoms in total. The molecule has 2 aromatic rings. The van der Waals surface area contributed by atoms with Crippen LogP contribution in [-0.4, -0.2) is 29.0 Å². The largest absolute Gasteiger partial charge is 0.507 e. The smallest absolute Gasteiger partial charge is 0.257 e. The predicted octanol–water partition coefficient (Wildman–Crippen LogP) is 4.32. The minimum Gasteiger partial charge on any atom is -0.507 e. The number of aromatic hydroxyl groups is 1. The highest BCUT2D eigenvalue weighted by Crippen LogP contribution is 2.34. The molecule has 2 N–H and O–H groups in total. The molecular weight excluding hydrogens is 342 g/mol. The molecule has 0 bridgehead atoms. The summed E-state index contributed by atoms with van der Waals surface area (Å²) in [6.07, 6.45) is 5.04. The second kappa shape index (κ2) is 7.58. The van der Waals surface area contributed by atoms with Crippen LogP contribution in [0.4, 0.5) is 5.69 Å². The van der Waals surface area contributed by atoms with Gasteiger partial charge in [0.25, 0.3) is 5.91 Å². The van der Waals surface area contributed by atoms with E-state index in [9.17, 15) is 9.90 Å². The summed E-state index contributed by atoms with van der Waals surface area (Å²) < 4.78 is 6.01. The highest BCUT2D eigenvalue weighted by Gasteiger charge is 2.28. The van der Waals surface area contributed by atoms with Gasteiger partial charge in [0, 0.05) is 18.8 Å². The molecule has 27 heavy (non-hydrogen) atoms. The molecule has 0 heterocycles. The van der Waals surface area contributed by atoms with Gasteiger partial charge < -0.3 is 14.7 Å². The van der Waals surface area contributed by atoms with Gasteiger partial charge in [0.1, 0.15) is 17.2 Å². The summed E-state index contributed by atoms with van der Waals surface area (Å²) in [6.45, 7) is 3.78. The standard InChI is InChI=1S/C21H23N3O3/c1-13-9-15(23-12-22)10-14(2)20(13)27-17-7-8-19(25)18(11-17)21(26)24(3)16-5-4-6-16/h7-11,16,23,25H,4-6H2,1-3H3. The minimum atomic E-state index is -0.204. The second-order valence-electron chi connectivity index (χ2n) is 6.96. The summed E-state index contributed by atoms with van der Waals surface area (Å²) in [5.74, 6) is 0.880. The summed E-state index contributed by atoms with van der Waals surface area (Å²) in [5, 5.41) is 21.5. The Balaban J connectivity index is 1.86. The lowest BCUT2D eigenvalue weighted by Crippen LogP contribution is -2.41. The number of aryl methyl sites for hydroxylation is 2. The molecule has 1 aliphatic rings. The lowest BCUT2D eigenvalue weighted by molar-refractivity contribution is 0.0648. The first-order chi connectivity index (χ1) is 12.9. The summed E-state index contributed by atoms with van der Waals surface area (Å²) in [5.41, 5.74) is 2.66. The van der Waals surface area contributed by atoms with Gasteiger partial charge in [-0.25, -0.2) is 0 Å².